The van der Waals surface area contributed by atoms with Crippen LogP contribution in [0.1, 0.15) is 52.4 Å². The van der Waals surface area contributed by atoms with E-state index in [0.29, 0.717) is 18.6 Å². The Morgan fingerprint density at radius 2 is 2.00 bits per heavy atom. The van der Waals surface area contributed by atoms with Gasteiger partial charge in [0.25, 0.3) is 0 Å². The predicted molar refractivity (Wildman–Crippen MR) is 69.2 cm³/mol. The van der Waals surface area contributed by atoms with Crippen LogP contribution in [-0.2, 0) is 9.53 Å². The van der Waals surface area contributed by atoms with E-state index in [9.17, 15) is 9.90 Å². The zero-order valence-corrected chi connectivity index (χ0v) is 11.5. The summed E-state index contributed by atoms with van der Waals surface area (Å²) in [5, 5.41) is 13.3. The van der Waals surface area contributed by atoms with Gasteiger partial charge in [-0.05, 0) is 43.9 Å². The number of hydrogen-bond donors (Lipinski definition) is 2. The average Bonchev–Trinajstić information content (AvgIpc) is 2.85. The number of amides is 1. The van der Waals surface area contributed by atoms with Crippen molar-refractivity contribution in [1.82, 2.24) is 5.32 Å². The van der Waals surface area contributed by atoms with Crippen molar-refractivity contribution in [3.8, 4) is 0 Å². The summed E-state index contributed by atoms with van der Waals surface area (Å²) in [4.78, 5) is 11.8. The molecule has 0 spiro atoms. The molecule has 0 aromatic heterocycles. The van der Waals surface area contributed by atoms with Gasteiger partial charge in [0.1, 0.15) is 6.10 Å². The summed E-state index contributed by atoms with van der Waals surface area (Å²) in [5.41, 5.74) is -0.394. The number of hydrogen-bond acceptors (Lipinski definition) is 3. The van der Waals surface area contributed by atoms with Crippen LogP contribution in [0.2, 0.25) is 0 Å². The van der Waals surface area contributed by atoms with Crippen molar-refractivity contribution in [3.63, 3.8) is 0 Å². The molecule has 0 aromatic carbocycles. The minimum Gasteiger partial charge on any atom is -0.388 e. The fraction of sp³-hybridized carbons (Fsp3) is 0.929. The average molecular weight is 255 g/mol. The lowest BCUT2D eigenvalue weighted by molar-refractivity contribution is -0.132. The van der Waals surface area contributed by atoms with E-state index in [0.717, 1.165) is 38.5 Å². The molecule has 4 nitrogen and oxygen atoms in total. The first-order chi connectivity index (χ1) is 8.40. The second-order valence-corrected chi connectivity index (χ2v) is 6.61. The highest BCUT2D eigenvalue weighted by atomic mass is 16.5. The topological polar surface area (TPSA) is 58.6 Å². The van der Waals surface area contributed by atoms with E-state index in [2.05, 4.69) is 19.2 Å². The third-order valence-electron chi connectivity index (χ3n) is 4.35. The van der Waals surface area contributed by atoms with Crippen molar-refractivity contribution in [2.45, 2.75) is 64.1 Å². The third kappa shape index (κ3) is 3.45. The maximum Gasteiger partial charge on any atom is 0.249 e. The highest BCUT2D eigenvalue weighted by molar-refractivity contribution is 5.81. The van der Waals surface area contributed by atoms with Gasteiger partial charge in [0.05, 0.1) is 5.60 Å². The Balaban J connectivity index is 1.77. The molecule has 2 N–H and O–H groups in total. The van der Waals surface area contributed by atoms with Gasteiger partial charge >= 0.3 is 0 Å². The Labute approximate surface area is 109 Å². The molecule has 1 aliphatic carbocycles. The smallest absolute Gasteiger partial charge is 0.249 e. The summed E-state index contributed by atoms with van der Waals surface area (Å²) in [6, 6.07) is 0. The van der Waals surface area contributed by atoms with Crippen LogP contribution in [0.15, 0.2) is 0 Å². The Morgan fingerprint density at radius 3 is 2.56 bits per heavy atom. The Hall–Kier alpha value is -0.610. The molecule has 0 bridgehead atoms. The summed E-state index contributed by atoms with van der Waals surface area (Å²) in [5.74, 6) is -0.0641. The highest BCUT2D eigenvalue weighted by Crippen LogP contribution is 2.39. The van der Waals surface area contributed by atoms with Crippen molar-refractivity contribution < 1.29 is 14.6 Å². The molecule has 1 atom stereocenters. The number of rotatable bonds is 3. The summed E-state index contributed by atoms with van der Waals surface area (Å²) >= 11 is 0. The normalized spacial score (nSPS) is 30.1. The van der Waals surface area contributed by atoms with Crippen LogP contribution in [0.3, 0.4) is 0 Å². The fourth-order valence-corrected chi connectivity index (χ4v) is 2.72. The van der Waals surface area contributed by atoms with Gasteiger partial charge in [-0.3, -0.25) is 4.79 Å². The van der Waals surface area contributed by atoms with E-state index in [4.69, 9.17) is 4.74 Å². The van der Waals surface area contributed by atoms with E-state index in [-0.39, 0.29) is 12.0 Å². The van der Waals surface area contributed by atoms with E-state index in [1.165, 1.54) is 0 Å². The van der Waals surface area contributed by atoms with Crippen LogP contribution in [0.5, 0.6) is 0 Å². The van der Waals surface area contributed by atoms with Gasteiger partial charge in [0.15, 0.2) is 0 Å². The molecule has 4 heteroatoms. The SMILES string of the molecule is CC1(C)CCC(O)(CNC(=O)C2CCCO2)CC1. The Bertz CT molecular complexity index is 298. The molecule has 1 saturated carbocycles. The molecule has 104 valence electrons. The van der Waals surface area contributed by atoms with Crippen LogP contribution >= 0.6 is 0 Å². The first-order valence-electron chi connectivity index (χ1n) is 7.02. The maximum atomic E-state index is 11.8. The van der Waals surface area contributed by atoms with Gasteiger partial charge < -0.3 is 15.2 Å². The predicted octanol–water partition coefficient (Wildman–Crippen LogP) is 1.61. The number of aliphatic hydroxyl groups is 1. The number of ether oxygens (including phenoxy) is 1. The summed E-state index contributed by atoms with van der Waals surface area (Å²) in [6.07, 6.45) is 5.03. The van der Waals surface area contributed by atoms with Gasteiger partial charge in [-0.1, -0.05) is 13.8 Å². The minimum atomic E-state index is -0.718. The molecule has 1 heterocycles. The standard InChI is InChI=1S/C14H25NO3/c1-13(2)5-7-14(17,8-6-13)10-15-12(16)11-4-3-9-18-11/h11,17H,3-10H2,1-2H3,(H,15,16). The van der Waals surface area contributed by atoms with Crippen LogP contribution in [0, 0.1) is 5.41 Å². The lowest BCUT2D eigenvalue weighted by Gasteiger charge is -2.40. The molecular weight excluding hydrogens is 230 g/mol. The summed E-state index contributed by atoms with van der Waals surface area (Å²) in [6.45, 7) is 5.51. The second-order valence-electron chi connectivity index (χ2n) is 6.61. The van der Waals surface area contributed by atoms with Crippen molar-refractivity contribution in [2.75, 3.05) is 13.2 Å². The van der Waals surface area contributed by atoms with E-state index in [1.807, 2.05) is 0 Å². The second kappa shape index (κ2) is 5.17. The van der Waals surface area contributed by atoms with E-state index >= 15 is 0 Å². The number of nitrogens with one attached hydrogen (secondary N) is 1. The van der Waals surface area contributed by atoms with Crippen LogP contribution in [0.25, 0.3) is 0 Å². The van der Waals surface area contributed by atoms with E-state index < -0.39 is 5.60 Å². The van der Waals surface area contributed by atoms with Gasteiger partial charge in [0, 0.05) is 13.2 Å². The molecule has 0 radical (unpaired) electrons. The molecular formula is C14H25NO3. The largest absolute Gasteiger partial charge is 0.388 e. The Morgan fingerprint density at radius 1 is 1.33 bits per heavy atom. The zero-order valence-electron chi connectivity index (χ0n) is 11.5. The molecule has 1 aliphatic heterocycles. The number of carbonyl (C=O) groups is 1. The van der Waals surface area contributed by atoms with Gasteiger partial charge in [-0.15, -0.1) is 0 Å². The van der Waals surface area contributed by atoms with Gasteiger partial charge in [0.2, 0.25) is 5.91 Å². The summed E-state index contributed by atoms with van der Waals surface area (Å²) in [7, 11) is 0. The molecule has 2 rings (SSSR count). The van der Waals surface area contributed by atoms with Crippen LogP contribution in [-0.4, -0.2) is 35.9 Å². The number of carbonyl (C=O) groups excluding carboxylic acids is 1. The van der Waals surface area contributed by atoms with E-state index in [1.54, 1.807) is 0 Å². The monoisotopic (exact) mass is 255 g/mol. The quantitative estimate of drug-likeness (QED) is 0.805. The third-order valence-corrected chi connectivity index (χ3v) is 4.35. The zero-order chi connectivity index (χ0) is 13.2. The molecule has 1 amide bonds. The molecule has 1 saturated heterocycles. The molecule has 2 fully saturated rings. The van der Waals surface area contributed by atoms with Crippen LogP contribution < -0.4 is 5.32 Å². The molecule has 18 heavy (non-hydrogen) atoms. The van der Waals surface area contributed by atoms with Crippen molar-refractivity contribution in [2.24, 2.45) is 5.41 Å². The molecule has 0 aromatic rings. The maximum absolute atomic E-state index is 11.8. The Kier molecular flexibility index (Phi) is 3.97. The van der Waals surface area contributed by atoms with Gasteiger partial charge in [-0.2, -0.15) is 0 Å². The van der Waals surface area contributed by atoms with Crippen LogP contribution in [0.4, 0.5) is 0 Å². The molecule has 2 aliphatic rings. The lowest BCUT2D eigenvalue weighted by Crippen LogP contribution is -2.48. The fourth-order valence-electron chi connectivity index (χ4n) is 2.72. The minimum absolute atomic E-state index is 0.0641. The summed E-state index contributed by atoms with van der Waals surface area (Å²) < 4.78 is 5.33. The lowest BCUT2D eigenvalue weighted by atomic mass is 9.71. The van der Waals surface area contributed by atoms with Crippen molar-refractivity contribution in [3.05, 3.63) is 0 Å². The highest BCUT2D eigenvalue weighted by Gasteiger charge is 2.37. The van der Waals surface area contributed by atoms with Crippen molar-refractivity contribution in [1.29, 1.82) is 0 Å². The first kappa shape index (κ1) is 13.8. The first-order valence-corrected chi connectivity index (χ1v) is 7.02. The molecule has 1 unspecified atom stereocenters. The van der Waals surface area contributed by atoms with Crippen molar-refractivity contribution >= 4 is 5.91 Å². The van der Waals surface area contributed by atoms with Gasteiger partial charge in [-0.25, -0.2) is 0 Å².